The predicted octanol–water partition coefficient (Wildman–Crippen LogP) is 5.68. The van der Waals surface area contributed by atoms with E-state index in [-0.39, 0.29) is 12.2 Å². The fourth-order valence-electron chi connectivity index (χ4n) is 3.48. The number of aromatic nitrogens is 3. The molecule has 0 radical (unpaired) electrons. The Morgan fingerprint density at radius 1 is 1.16 bits per heavy atom. The first-order valence-electron chi connectivity index (χ1n) is 9.55. The van der Waals surface area contributed by atoms with Crippen molar-refractivity contribution >= 4 is 40.2 Å². The molecule has 2 aromatic carbocycles. The van der Waals surface area contributed by atoms with Gasteiger partial charge in [-0.05, 0) is 37.6 Å². The Kier molecular flexibility index (Phi) is 5.85. The summed E-state index contributed by atoms with van der Waals surface area (Å²) >= 11 is 12.3. The van der Waals surface area contributed by atoms with Crippen LogP contribution in [0.5, 0.6) is 5.75 Å². The van der Waals surface area contributed by atoms with Crippen LogP contribution < -0.4 is 4.74 Å². The minimum Gasteiger partial charge on any atom is -0.489 e. The third-order valence-electron chi connectivity index (χ3n) is 5.04. The summed E-state index contributed by atoms with van der Waals surface area (Å²) in [6.07, 6.45) is 1.57. The van der Waals surface area contributed by atoms with E-state index in [9.17, 15) is 9.90 Å². The van der Waals surface area contributed by atoms with E-state index in [1.54, 1.807) is 36.5 Å². The number of pyridine rings is 1. The Balaban J connectivity index is 1.68. The fourth-order valence-corrected chi connectivity index (χ4v) is 3.92. The maximum atomic E-state index is 11.4. The van der Waals surface area contributed by atoms with Crippen LogP contribution in [0.1, 0.15) is 33.0 Å². The van der Waals surface area contributed by atoms with E-state index in [0.717, 1.165) is 22.4 Å². The lowest BCUT2D eigenvalue weighted by atomic mass is 10.1. The van der Waals surface area contributed by atoms with E-state index in [1.165, 1.54) is 0 Å². The van der Waals surface area contributed by atoms with E-state index < -0.39 is 5.97 Å². The highest BCUT2D eigenvalue weighted by Crippen LogP contribution is 2.28. The van der Waals surface area contributed by atoms with Gasteiger partial charge in [-0.3, -0.25) is 4.98 Å². The van der Waals surface area contributed by atoms with Gasteiger partial charge in [0.2, 0.25) is 0 Å². The highest BCUT2D eigenvalue weighted by molar-refractivity contribution is 6.34. The molecule has 4 rings (SSSR count). The number of nitrogens with zero attached hydrogens (tertiary/aromatic N) is 3. The zero-order valence-electron chi connectivity index (χ0n) is 16.9. The van der Waals surface area contributed by atoms with Crippen molar-refractivity contribution in [2.24, 2.45) is 0 Å². The van der Waals surface area contributed by atoms with Gasteiger partial charge in [-0.15, -0.1) is 0 Å². The quantitative estimate of drug-likeness (QED) is 0.404. The number of rotatable bonds is 6. The molecule has 0 fully saturated rings. The summed E-state index contributed by atoms with van der Waals surface area (Å²) < 4.78 is 7.98. The first kappa shape index (κ1) is 21.2. The van der Waals surface area contributed by atoms with Gasteiger partial charge in [0.25, 0.3) is 0 Å². The molecule has 8 heteroatoms. The molecule has 0 aliphatic heterocycles. The number of aromatic carboxylic acids is 1. The normalized spacial score (nSPS) is 11.1. The molecular formula is C23H19Cl2N3O3. The summed E-state index contributed by atoms with van der Waals surface area (Å²) in [5, 5.41) is 10.3. The Morgan fingerprint density at radius 3 is 2.68 bits per heavy atom. The number of benzene rings is 2. The van der Waals surface area contributed by atoms with Crippen LogP contribution in [-0.2, 0) is 13.2 Å². The van der Waals surface area contributed by atoms with Crippen LogP contribution in [0.25, 0.3) is 11.0 Å². The zero-order chi connectivity index (χ0) is 22.1. The van der Waals surface area contributed by atoms with Gasteiger partial charge in [0.15, 0.2) is 0 Å². The Bertz CT molecular complexity index is 1300. The lowest BCUT2D eigenvalue weighted by molar-refractivity contribution is 0.0694. The van der Waals surface area contributed by atoms with Crippen LogP contribution in [0.2, 0.25) is 10.0 Å². The van der Waals surface area contributed by atoms with Crippen molar-refractivity contribution < 1.29 is 14.6 Å². The molecular weight excluding hydrogens is 437 g/mol. The molecule has 31 heavy (non-hydrogen) atoms. The molecule has 2 aromatic heterocycles. The first-order valence-corrected chi connectivity index (χ1v) is 10.3. The SMILES string of the molecule is Cc1cc(OCc2ccccc2C(=O)O)cc2c1nc(C)n2Cc1ncc(Cl)cc1Cl. The standard InChI is InChI=1S/C23H19Cl2N3O3/c1-13-7-17(31-12-15-5-3-4-6-18(15)23(29)30)9-21-22(13)27-14(2)28(21)11-20-19(25)8-16(24)10-26-20/h3-10H,11-12H2,1-2H3,(H,29,30). The lowest BCUT2D eigenvalue weighted by Gasteiger charge is -2.12. The molecule has 4 aromatic rings. The van der Waals surface area contributed by atoms with Crippen molar-refractivity contribution in [3.63, 3.8) is 0 Å². The molecule has 0 saturated carbocycles. The van der Waals surface area contributed by atoms with E-state index in [4.69, 9.17) is 27.9 Å². The molecule has 0 aliphatic rings. The van der Waals surface area contributed by atoms with Crippen molar-refractivity contribution in [3.05, 3.63) is 86.9 Å². The molecule has 2 heterocycles. The maximum Gasteiger partial charge on any atom is 0.336 e. The second-order valence-corrected chi connectivity index (χ2v) is 8.03. The van der Waals surface area contributed by atoms with Crippen molar-refractivity contribution in [3.8, 4) is 5.75 Å². The monoisotopic (exact) mass is 455 g/mol. The number of carboxylic acids is 1. The van der Waals surface area contributed by atoms with E-state index >= 15 is 0 Å². The van der Waals surface area contributed by atoms with Crippen molar-refractivity contribution in [1.82, 2.24) is 14.5 Å². The highest BCUT2D eigenvalue weighted by Gasteiger charge is 2.15. The van der Waals surface area contributed by atoms with E-state index in [1.807, 2.05) is 30.5 Å². The van der Waals surface area contributed by atoms with E-state index in [0.29, 0.717) is 33.6 Å². The minimum absolute atomic E-state index is 0.144. The number of hydrogen-bond donors (Lipinski definition) is 1. The van der Waals surface area contributed by atoms with Crippen LogP contribution in [0.15, 0.2) is 48.7 Å². The third kappa shape index (κ3) is 4.36. The van der Waals surface area contributed by atoms with Gasteiger partial charge in [-0.1, -0.05) is 41.4 Å². The van der Waals surface area contributed by atoms with Crippen molar-refractivity contribution in [1.29, 1.82) is 0 Å². The number of ether oxygens (including phenoxy) is 1. The topological polar surface area (TPSA) is 77.2 Å². The first-order chi connectivity index (χ1) is 14.8. The molecule has 0 amide bonds. The van der Waals surface area contributed by atoms with Crippen LogP contribution >= 0.6 is 23.2 Å². The number of carboxylic acid groups (broad SMARTS) is 1. The molecule has 0 atom stereocenters. The molecule has 0 unspecified atom stereocenters. The van der Waals surface area contributed by atoms with Gasteiger partial charge in [0.1, 0.15) is 18.2 Å². The Labute approximate surface area is 189 Å². The second-order valence-electron chi connectivity index (χ2n) is 7.19. The van der Waals surface area contributed by atoms with Crippen LogP contribution in [-0.4, -0.2) is 25.6 Å². The van der Waals surface area contributed by atoms with Crippen molar-refractivity contribution in [2.45, 2.75) is 27.0 Å². The van der Waals surface area contributed by atoms with Crippen LogP contribution in [0.4, 0.5) is 0 Å². The molecule has 0 spiro atoms. The predicted molar refractivity (Wildman–Crippen MR) is 120 cm³/mol. The summed E-state index contributed by atoms with van der Waals surface area (Å²) in [7, 11) is 0. The van der Waals surface area contributed by atoms with Gasteiger partial charge >= 0.3 is 5.97 Å². The summed E-state index contributed by atoms with van der Waals surface area (Å²) in [5.74, 6) is 0.465. The Hall–Kier alpha value is -3.09. The lowest BCUT2D eigenvalue weighted by Crippen LogP contribution is -2.06. The van der Waals surface area contributed by atoms with Gasteiger partial charge in [-0.2, -0.15) is 0 Å². The molecule has 1 N–H and O–H groups in total. The summed E-state index contributed by atoms with van der Waals surface area (Å²) in [6.45, 7) is 4.46. The number of imidazole rings is 1. The van der Waals surface area contributed by atoms with Gasteiger partial charge in [0.05, 0.1) is 38.9 Å². The summed E-state index contributed by atoms with van der Waals surface area (Å²) in [6, 6.07) is 12.3. The number of hydrogen-bond acceptors (Lipinski definition) is 4. The minimum atomic E-state index is -0.980. The summed E-state index contributed by atoms with van der Waals surface area (Å²) in [4.78, 5) is 20.5. The zero-order valence-corrected chi connectivity index (χ0v) is 18.4. The van der Waals surface area contributed by atoms with Crippen molar-refractivity contribution in [2.75, 3.05) is 0 Å². The fraction of sp³-hybridized carbons (Fsp3) is 0.174. The molecule has 0 bridgehead atoms. The smallest absolute Gasteiger partial charge is 0.336 e. The summed E-state index contributed by atoms with van der Waals surface area (Å²) in [5.41, 5.74) is 4.22. The number of aryl methyl sites for hydroxylation is 2. The maximum absolute atomic E-state index is 11.4. The second kappa shape index (κ2) is 8.57. The third-order valence-corrected chi connectivity index (χ3v) is 5.58. The van der Waals surface area contributed by atoms with Crippen LogP contribution in [0.3, 0.4) is 0 Å². The molecule has 0 aliphatic carbocycles. The average Bonchev–Trinajstić information content (AvgIpc) is 3.04. The Morgan fingerprint density at radius 2 is 1.94 bits per heavy atom. The van der Waals surface area contributed by atoms with Crippen LogP contribution in [0, 0.1) is 13.8 Å². The number of carbonyl (C=O) groups is 1. The number of halogens is 2. The molecule has 0 saturated heterocycles. The van der Waals surface area contributed by atoms with E-state index in [2.05, 4.69) is 9.97 Å². The average molecular weight is 456 g/mol. The molecule has 158 valence electrons. The van der Waals surface area contributed by atoms with Gasteiger partial charge in [-0.25, -0.2) is 9.78 Å². The highest BCUT2D eigenvalue weighted by atomic mass is 35.5. The van der Waals surface area contributed by atoms with Gasteiger partial charge in [0, 0.05) is 17.8 Å². The molecule has 6 nitrogen and oxygen atoms in total. The van der Waals surface area contributed by atoms with Gasteiger partial charge < -0.3 is 14.4 Å². The number of fused-ring (bicyclic) bond motifs is 1. The largest absolute Gasteiger partial charge is 0.489 e.